The first-order chi connectivity index (χ1) is 14.9. The third-order valence-electron chi connectivity index (χ3n) is 5.71. The maximum absolute atomic E-state index is 13.2. The largest absolute Gasteiger partial charge is 0.416 e. The number of benzene rings is 2. The van der Waals surface area contributed by atoms with E-state index in [0.29, 0.717) is 31.6 Å². The molecule has 1 N–H and O–H groups in total. The molecule has 0 saturated carbocycles. The average molecular weight is 458 g/mol. The highest BCUT2D eigenvalue weighted by molar-refractivity contribution is 5.80. The van der Waals surface area contributed by atoms with Crippen LogP contribution in [0.1, 0.15) is 40.2 Å². The van der Waals surface area contributed by atoms with Gasteiger partial charge in [-0.25, -0.2) is 0 Å². The molecule has 3 rings (SSSR count). The summed E-state index contributed by atoms with van der Waals surface area (Å²) >= 11 is 0. The number of piperidine rings is 1. The molecular weight excluding hydrogens is 434 g/mol. The molecule has 1 heterocycles. The molecule has 9 heteroatoms. The van der Waals surface area contributed by atoms with Crippen molar-refractivity contribution >= 4 is 5.91 Å². The Morgan fingerprint density at radius 2 is 1.66 bits per heavy atom. The molecule has 1 aliphatic rings. The summed E-state index contributed by atoms with van der Waals surface area (Å²) in [4.78, 5) is 14.4. The predicted molar refractivity (Wildman–Crippen MR) is 108 cm³/mol. The zero-order chi connectivity index (χ0) is 23.7. The van der Waals surface area contributed by atoms with E-state index in [-0.39, 0.29) is 30.0 Å². The van der Waals surface area contributed by atoms with Crippen LogP contribution in [0.4, 0.5) is 26.3 Å². The molecule has 174 valence electrons. The van der Waals surface area contributed by atoms with Crippen LogP contribution in [-0.2, 0) is 23.7 Å². The maximum atomic E-state index is 13.2. The van der Waals surface area contributed by atoms with Crippen molar-refractivity contribution in [3.8, 4) is 0 Å². The van der Waals surface area contributed by atoms with Gasteiger partial charge in [-0.2, -0.15) is 26.3 Å². The Morgan fingerprint density at radius 1 is 1.03 bits per heavy atom. The Morgan fingerprint density at radius 3 is 2.22 bits per heavy atom. The van der Waals surface area contributed by atoms with Crippen LogP contribution >= 0.6 is 0 Å². The lowest BCUT2D eigenvalue weighted by Gasteiger charge is -2.34. The monoisotopic (exact) mass is 458 g/mol. The summed E-state index contributed by atoms with van der Waals surface area (Å²) in [6, 6.07) is 9.17. The van der Waals surface area contributed by atoms with Crippen LogP contribution in [0.5, 0.6) is 0 Å². The highest BCUT2D eigenvalue weighted by Gasteiger charge is 2.38. The first kappa shape index (κ1) is 24.1. The number of halogens is 6. The molecular formula is C23H24F6N2O. The first-order valence-corrected chi connectivity index (χ1v) is 10.2. The van der Waals surface area contributed by atoms with Crippen molar-refractivity contribution in [2.24, 2.45) is 5.92 Å². The molecule has 1 saturated heterocycles. The van der Waals surface area contributed by atoms with Gasteiger partial charge in [-0.15, -0.1) is 0 Å². The molecule has 2 aromatic carbocycles. The number of hydrogen-bond acceptors (Lipinski definition) is 2. The van der Waals surface area contributed by atoms with E-state index in [9.17, 15) is 31.1 Å². The number of nitrogens with one attached hydrogen (secondary N) is 1. The molecule has 2 unspecified atom stereocenters. The van der Waals surface area contributed by atoms with Gasteiger partial charge in [-0.1, -0.05) is 29.8 Å². The average Bonchev–Trinajstić information content (AvgIpc) is 2.71. The summed E-state index contributed by atoms with van der Waals surface area (Å²) in [7, 11) is 1.41. The Balaban J connectivity index is 1.85. The molecule has 2 atom stereocenters. The van der Waals surface area contributed by atoms with Crippen molar-refractivity contribution in [1.82, 2.24) is 10.2 Å². The second-order valence-electron chi connectivity index (χ2n) is 8.23. The molecule has 1 fully saturated rings. The van der Waals surface area contributed by atoms with Gasteiger partial charge in [-0.05, 0) is 49.2 Å². The highest BCUT2D eigenvalue weighted by atomic mass is 19.4. The van der Waals surface area contributed by atoms with Crippen LogP contribution in [0, 0.1) is 12.8 Å². The Hall–Kier alpha value is -2.55. The molecule has 2 aromatic rings. The zero-order valence-electron chi connectivity index (χ0n) is 17.6. The lowest BCUT2D eigenvalue weighted by molar-refractivity contribution is -0.143. The molecule has 1 amide bonds. The smallest absolute Gasteiger partial charge is 0.341 e. The molecule has 0 bridgehead atoms. The Labute approximate surface area is 182 Å². The van der Waals surface area contributed by atoms with Gasteiger partial charge < -0.3 is 10.2 Å². The minimum atomic E-state index is -4.93. The molecule has 3 nitrogen and oxygen atoms in total. The standard InChI is InChI=1S/C23H24F6N2O/c1-14-4-3-5-16(8-14)20-12-30-7-6-19(20)21(32)31(2)13-15-9-17(22(24,25)26)11-18(10-15)23(27,28)29/h3-5,8-11,19-20,30H,6-7,12-13H2,1-2H3. The van der Waals surface area contributed by atoms with Crippen LogP contribution in [0.2, 0.25) is 0 Å². The van der Waals surface area contributed by atoms with E-state index in [4.69, 9.17) is 0 Å². The fraction of sp³-hybridized carbons (Fsp3) is 0.435. The highest BCUT2D eigenvalue weighted by Crippen LogP contribution is 2.37. The Kier molecular flexibility index (Phi) is 6.88. The summed E-state index contributed by atoms with van der Waals surface area (Å²) < 4.78 is 78.8. The molecule has 0 aromatic heterocycles. The van der Waals surface area contributed by atoms with E-state index in [1.807, 2.05) is 31.2 Å². The SMILES string of the molecule is Cc1cccc(C2CNCCC2C(=O)N(C)Cc2cc(C(F)(F)F)cc(C(F)(F)F)c2)c1. The van der Waals surface area contributed by atoms with Gasteiger partial charge in [0, 0.05) is 32.0 Å². The van der Waals surface area contributed by atoms with Crippen molar-refractivity contribution in [3.63, 3.8) is 0 Å². The topological polar surface area (TPSA) is 32.3 Å². The summed E-state index contributed by atoms with van der Waals surface area (Å²) in [5, 5.41) is 3.25. The van der Waals surface area contributed by atoms with Crippen molar-refractivity contribution in [2.75, 3.05) is 20.1 Å². The van der Waals surface area contributed by atoms with Crippen molar-refractivity contribution in [1.29, 1.82) is 0 Å². The fourth-order valence-electron chi connectivity index (χ4n) is 4.15. The maximum Gasteiger partial charge on any atom is 0.416 e. The van der Waals surface area contributed by atoms with Gasteiger partial charge in [0.1, 0.15) is 0 Å². The minimum absolute atomic E-state index is 0.0892. The number of carbonyl (C=O) groups is 1. The van der Waals surface area contributed by atoms with E-state index in [1.165, 1.54) is 11.9 Å². The molecule has 0 spiro atoms. The van der Waals surface area contributed by atoms with Gasteiger partial charge in [-0.3, -0.25) is 4.79 Å². The van der Waals surface area contributed by atoms with Gasteiger partial charge in [0.2, 0.25) is 5.91 Å². The van der Waals surface area contributed by atoms with Crippen molar-refractivity contribution < 1.29 is 31.1 Å². The first-order valence-electron chi connectivity index (χ1n) is 10.2. The number of rotatable bonds is 4. The second-order valence-corrected chi connectivity index (χ2v) is 8.23. The minimum Gasteiger partial charge on any atom is -0.341 e. The summed E-state index contributed by atoms with van der Waals surface area (Å²) in [5.74, 6) is -0.856. The normalized spacial score (nSPS) is 19.6. The van der Waals surface area contributed by atoms with Crippen LogP contribution < -0.4 is 5.32 Å². The van der Waals surface area contributed by atoms with Crippen molar-refractivity contribution in [2.45, 2.75) is 38.2 Å². The van der Waals surface area contributed by atoms with E-state index in [0.717, 1.165) is 11.1 Å². The van der Waals surface area contributed by atoms with Crippen LogP contribution in [0.15, 0.2) is 42.5 Å². The van der Waals surface area contributed by atoms with E-state index >= 15 is 0 Å². The van der Waals surface area contributed by atoms with E-state index in [1.54, 1.807) is 0 Å². The fourth-order valence-corrected chi connectivity index (χ4v) is 4.15. The molecule has 32 heavy (non-hydrogen) atoms. The van der Waals surface area contributed by atoms with Gasteiger partial charge in [0.15, 0.2) is 0 Å². The number of carbonyl (C=O) groups excluding carboxylic acids is 1. The van der Waals surface area contributed by atoms with Gasteiger partial charge in [0.25, 0.3) is 0 Å². The molecule has 1 aliphatic heterocycles. The van der Waals surface area contributed by atoms with Crippen LogP contribution in [0.3, 0.4) is 0 Å². The van der Waals surface area contributed by atoms with Gasteiger partial charge >= 0.3 is 12.4 Å². The van der Waals surface area contributed by atoms with Crippen LogP contribution in [0.25, 0.3) is 0 Å². The summed E-state index contributed by atoms with van der Waals surface area (Å²) in [6.07, 6.45) is -9.33. The predicted octanol–water partition coefficient (Wildman–Crippen LogP) is 5.38. The Bertz CT molecular complexity index is 937. The third-order valence-corrected chi connectivity index (χ3v) is 5.71. The number of amides is 1. The zero-order valence-corrected chi connectivity index (χ0v) is 17.6. The third kappa shape index (κ3) is 5.62. The van der Waals surface area contributed by atoms with E-state index < -0.39 is 29.4 Å². The number of hydrogen-bond donors (Lipinski definition) is 1. The summed E-state index contributed by atoms with van der Waals surface area (Å²) in [6.45, 7) is 2.76. The number of nitrogens with zero attached hydrogens (tertiary/aromatic N) is 1. The van der Waals surface area contributed by atoms with Crippen molar-refractivity contribution in [3.05, 3.63) is 70.3 Å². The van der Waals surface area contributed by atoms with E-state index in [2.05, 4.69) is 5.32 Å². The lowest BCUT2D eigenvalue weighted by Crippen LogP contribution is -2.43. The lowest BCUT2D eigenvalue weighted by atomic mass is 9.80. The summed E-state index contributed by atoms with van der Waals surface area (Å²) in [5.41, 5.74) is -0.979. The number of aryl methyl sites for hydroxylation is 1. The molecule has 0 aliphatic carbocycles. The van der Waals surface area contributed by atoms with Gasteiger partial charge in [0.05, 0.1) is 11.1 Å². The van der Waals surface area contributed by atoms with Crippen LogP contribution in [-0.4, -0.2) is 30.9 Å². The second kappa shape index (κ2) is 9.13. The molecule has 0 radical (unpaired) electrons. The number of alkyl halides is 6. The quantitative estimate of drug-likeness (QED) is 0.624.